The number of hydrogen-bond acceptors (Lipinski definition) is 2. The van der Waals surface area contributed by atoms with E-state index < -0.39 is 0 Å². The Bertz CT molecular complexity index is 460. The molecule has 0 spiro atoms. The second-order valence-corrected chi connectivity index (χ2v) is 3.93. The quantitative estimate of drug-likeness (QED) is 0.849. The molecule has 2 rings (SSSR count). The second-order valence-electron chi connectivity index (χ2n) is 3.93. The van der Waals surface area contributed by atoms with E-state index in [0.717, 1.165) is 13.0 Å². The fourth-order valence-corrected chi connectivity index (χ4v) is 1.67. The fraction of sp³-hybridized carbons (Fsp3) is 0.308. The van der Waals surface area contributed by atoms with Crippen molar-refractivity contribution in [3.8, 4) is 0 Å². The van der Waals surface area contributed by atoms with Gasteiger partial charge in [0.1, 0.15) is 0 Å². The number of aromatic nitrogens is 2. The lowest BCUT2D eigenvalue weighted by Crippen LogP contribution is -1.98. The van der Waals surface area contributed by atoms with Crippen LogP contribution in [-0.2, 0) is 20.0 Å². The first-order valence-corrected chi connectivity index (χ1v) is 5.58. The van der Waals surface area contributed by atoms with Gasteiger partial charge in [-0.25, -0.2) is 0 Å². The van der Waals surface area contributed by atoms with E-state index in [2.05, 4.69) is 41.6 Å². The van der Waals surface area contributed by atoms with Gasteiger partial charge in [0.15, 0.2) is 0 Å². The summed E-state index contributed by atoms with van der Waals surface area (Å²) >= 11 is 0. The third-order valence-electron chi connectivity index (χ3n) is 2.59. The van der Waals surface area contributed by atoms with E-state index in [0.29, 0.717) is 0 Å². The molecule has 0 saturated heterocycles. The summed E-state index contributed by atoms with van der Waals surface area (Å²) in [6, 6.07) is 8.52. The number of aryl methyl sites for hydroxylation is 2. The van der Waals surface area contributed by atoms with Crippen LogP contribution < -0.4 is 5.32 Å². The van der Waals surface area contributed by atoms with Crippen LogP contribution in [0.3, 0.4) is 0 Å². The Morgan fingerprint density at radius 2 is 2.19 bits per heavy atom. The monoisotopic (exact) mass is 215 g/mol. The lowest BCUT2D eigenvalue weighted by molar-refractivity contribution is 0.767. The Balaban J connectivity index is 1.99. The summed E-state index contributed by atoms with van der Waals surface area (Å²) in [6.45, 7) is 2.99. The molecular formula is C13H17N3. The van der Waals surface area contributed by atoms with Crippen molar-refractivity contribution in [3.05, 3.63) is 47.8 Å². The zero-order chi connectivity index (χ0) is 11.4. The van der Waals surface area contributed by atoms with Crippen LogP contribution in [0.2, 0.25) is 0 Å². The van der Waals surface area contributed by atoms with Crippen molar-refractivity contribution in [2.75, 3.05) is 5.32 Å². The van der Waals surface area contributed by atoms with Crippen molar-refractivity contribution in [1.29, 1.82) is 0 Å². The molecule has 1 aromatic heterocycles. The van der Waals surface area contributed by atoms with E-state index >= 15 is 0 Å². The molecule has 0 unspecified atom stereocenters. The van der Waals surface area contributed by atoms with Gasteiger partial charge in [-0.3, -0.25) is 4.68 Å². The molecule has 1 N–H and O–H groups in total. The van der Waals surface area contributed by atoms with Gasteiger partial charge in [-0.1, -0.05) is 19.1 Å². The maximum absolute atomic E-state index is 4.14. The lowest BCUT2D eigenvalue weighted by atomic mass is 10.1. The Morgan fingerprint density at radius 3 is 2.88 bits per heavy atom. The highest BCUT2D eigenvalue weighted by Crippen LogP contribution is 2.12. The highest BCUT2D eigenvalue weighted by molar-refractivity contribution is 5.46. The third-order valence-corrected chi connectivity index (χ3v) is 2.59. The molecule has 0 radical (unpaired) electrons. The number of benzene rings is 1. The molecule has 0 aliphatic rings. The molecule has 0 amide bonds. The van der Waals surface area contributed by atoms with E-state index in [1.165, 1.54) is 16.8 Å². The Hall–Kier alpha value is -1.77. The first kappa shape index (κ1) is 10.7. The standard InChI is InChI=1S/C13H17N3/c1-3-11-5-4-6-13(7-11)14-8-12-9-15-16(2)10-12/h4-7,9-10,14H,3,8H2,1-2H3. The topological polar surface area (TPSA) is 29.9 Å². The summed E-state index contributed by atoms with van der Waals surface area (Å²) in [5.74, 6) is 0. The molecule has 1 aromatic carbocycles. The molecule has 2 aromatic rings. The van der Waals surface area contributed by atoms with Crippen LogP contribution >= 0.6 is 0 Å². The molecule has 0 atom stereocenters. The first-order valence-electron chi connectivity index (χ1n) is 5.58. The molecule has 0 bridgehead atoms. The van der Waals surface area contributed by atoms with Gasteiger partial charge < -0.3 is 5.32 Å². The summed E-state index contributed by atoms with van der Waals surface area (Å²) in [7, 11) is 1.93. The second kappa shape index (κ2) is 4.84. The maximum Gasteiger partial charge on any atom is 0.0539 e. The van der Waals surface area contributed by atoms with Gasteiger partial charge in [0.2, 0.25) is 0 Å². The SMILES string of the molecule is CCc1cccc(NCc2cnn(C)c2)c1. The maximum atomic E-state index is 4.14. The minimum absolute atomic E-state index is 0.820. The Kier molecular flexibility index (Phi) is 3.25. The summed E-state index contributed by atoms with van der Waals surface area (Å²) < 4.78 is 1.82. The number of anilines is 1. The van der Waals surface area contributed by atoms with Gasteiger partial charge in [-0.15, -0.1) is 0 Å². The number of nitrogens with one attached hydrogen (secondary N) is 1. The first-order chi connectivity index (χ1) is 7.78. The predicted octanol–water partition coefficient (Wildman–Crippen LogP) is 2.59. The number of hydrogen-bond donors (Lipinski definition) is 1. The Labute approximate surface area is 96.1 Å². The molecular weight excluding hydrogens is 198 g/mol. The van der Waals surface area contributed by atoms with Crippen molar-refractivity contribution in [2.24, 2.45) is 7.05 Å². The summed E-state index contributed by atoms with van der Waals surface area (Å²) in [5.41, 5.74) is 3.73. The molecule has 84 valence electrons. The van der Waals surface area contributed by atoms with Crippen molar-refractivity contribution in [1.82, 2.24) is 9.78 Å². The zero-order valence-electron chi connectivity index (χ0n) is 9.77. The van der Waals surface area contributed by atoms with Gasteiger partial charge in [-0.2, -0.15) is 5.10 Å². The molecule has 16 heavy (non-hydrogen) atoms. The van der Waals surface area contributed by atoms with E-state index in [1.807, 2.05) is 24.1 Å². The van der Waals surface area contributed by atoms with Gasteiger partial charge in [0.25, 0.3) is 0 Å². The van der Waals surface area contributed by atoms with Crippen LogP contribution in [-0.4, -0.2) is 9.78 Å². The summed E-state index contributed by atoms with van der Waals surface area (Å²) in [5, 5.41) is 7.53. The van der Waals surface area contributed by atoms with Crippen molar-refractivity contribution < 1.29 is 0 Å². The largest absolute Gasteiger partial charge is 0.381 e. The number of nitrogens with zero attached hydrogens (tertiary/aromatic N) is 2. The van der Waals surface area contributed by atoms with Crippen molar-refractivity contribution in [2.45, 2.75) is 19.9 Å². The van der Waals surface area contributed by atoms with Crippen LogP contribution in [0.25, 0.3) is 0 Å². The minimum atomic E-state index is 0.820. The van der Waals surface area contributed by atoms with Crippen LogP contribution in [0.15, 0.2) is 36.7 Å². The van der Waals surface area contributed by atoms with E-state index in [-0.39, 0.29) is 0 Å². The Morgan fingerprint density at radius 1 is 1.31 bits per heavy atom. The van der Waals surface area contributed by atoms with Crippen molar-refractivity contribution >= 4 is 5.69 Å². The summed E-state index contributed by atoms with van der Waals surface area (Å²) in [4.78, 5) is 0. The van der Waals surface area contributed by atoms with Crippen LogP contribution in [0.4, 0.5) is 5.69 Å². The van der Waals surface area contributed by atoms with E-state index in [1.54, 1.807) is 0 Å². The summed E-state index contributed by atoms with van der Waals surface area (Å²) in [6.07, 6.45) is 4.98. The van der Waals surface area contributed by atoms with Gasteiger partial charge in [-0.05, 0) is 24.1 Å². The van der Waals surface area contributed by atoms with Crippen molar-refractivity contribution in [3.63, 3.8) is 0 Å². The molecule has 3 nitrogen and oxygen atoms in total. The fourth-order valence-electron chi connectivity index (χ4n) is 1.67. The van der Waals surface area contributed by atoms with Crippen LogP contribution in [0.5, 0.6) is 0 Å². The smallest absolute Gasteiger partial charge is 0.0539 e. The molecule has 0 aliphatic heterocycles. The highest BCUT2D eigenvalue weighted by atomic mass is 15.2. The number of rotatable bonds is 4. The average Bonchev–Trinajstić information content (AvgIpc) is 2.73. The van der Waals surface area contributed by atoms with E-state index in [9.17, 15) is 0 Å². The van der Waals surface area contributed by atoms with E-state index in [4.69, 9.17) is 0 Å². The van der Waals surface area contributed by atoms with Gasteiger partial charge in [0.05, 0.1) is 6.20 Å². The average molecular weight is 215 g/mol. The lowest BCUT2D eigenvalue weighted by Gasteiger charge is -2.06. The predicted molar refractivity (Wildman–Crippen MR) is 66.4 cm³/mol. The third kappa shape index (κ3) is 2.63. The molecule has 0 saturated carbocycles. The molecule has 3 heteroatoms. The van der Waals surface area contributed by atoms with Gasteiger partial charge >= 0.3 is 0 Å². The highest BCUT2D eigenvalue weighted by Gasteiger charge is 1.97. The van der Waals surface area contributed by atoms with Crippen LogP contribution in [0.1, 0.15) is 18.1 Å². The normalized spacial score (nSPS) is 10.4. The minimum Gasteiger partial charge on any atom is -0.381 e. The molecule has 1 heterocycles. The van der Waals surface area contributed by atoms with Crippen LogP contribution in [0, 0.1) is 0 Å². The zero-order valence-corrected chi connectivity index (χ0v) is 9.77. The molecule has 0 aliphatic carbocycles. The van der Waals surface area contributed by atoms with Gasteiger partial charge in [0, 0.05) is 31.0 Å². The molecule has 0 fully saturated rings.